The molecule has 100 valence electrons. The summed E-state index contributed by atoms with van der Waals surface area (Å²) in [6.07, 6.45) is 0.613. The van der Waals surface area contributed by atoms with Gasteiger partial charge in [0.15, 0.2) is 5.82 Å². The summed E-state index contributed by atoms with van der Waals surface area (Å²) in [6, 6.07) is 6.72. The number of ether oxygens (including phenoxy) is 1. The van der Waals surface area contributed by atoms with Crippen molar-refractivity contribution in [3.63, 3.8) is 0 Å². The molecule has 2 aromatic rings. The Morgan fingerprint density at radius 2 is 2.32 bits per heavy atom. The average molecular weight is 262 g/mol. The van der Waals surface area contributed by atoms with Gasteiger partial charge >= 0.3 is 5.97 Å². The molecule has 0 aliphatic heterocycles. The van der Waals surface area contributed by atoms with Crippen LogP contribution in [0.3, 0.4) is 0 Å². The zero-order valence-electron chi connectivity index (χ0n) is 10.5. The van der Waals surface area contributed by atoms with E-state index in [0.717, 1.165) is 5.56 Å². The van der Waals surface area contributed by atoms with E-state index in [1.807, 2.05) is 6.07 Å². The van der Waals surface area contributed by atoms with Gasteiger partial charge < -0.3 is 9.84 Å². The molecule has 0 saturated carbocycles. The predicted octanol–water partition coefficient (Wildman–Crippen LogP) is 0.608. The maximum absolute atomic E-state index is 10.9. The third-order valence-electron chi connectivity index (χ3n) is 2.64. The summed E-state index contributed by atoms with van der Waals surface area (Å²) in [5.74, 6) is -0.235. The van der Waals surface area contributed by atoms with E-state index in [9.17, 15) is 4.79 Å². The molecule has 0 saturated heterocycles. The minimum Gasteiger partial charge on any atom is -0.478 e. The van der Waals surface area contributed by atoms with Gasteiger partial charge in [0.25, 0.3) is 0 Å². The van der Waals surface area contributed by atoms with Crippen LogP contribution in [0.15, 0.2) is 24.3 Å². The summed E-state index contributed by atoms with van der Waals surface area (Å²) in [5, 5.41) is 20.4. The number of methoxy groups -OCH3 is 1. The number of carbonyl (C=O) groups is 1. The third kappa shape index (κ3) is 3.35. The number of carboxylic acid groups (broad SMARTS) is 1. The zero-order valence-corrected chi connectivity index (χ0v) is 10.5. The fourth-order valence-corrected chi connectivity index (χ4v) is 1.69. The van der Waals surface area contributed by atoms with Crippen molar-refractivity contribution in [2.24, 2.45) is 0 Å². The van der Waals surface area contributed by atoms with Gasteiger partial charge in [0, 0.05) is 13.5 Å². The van der Waals surface area contributed by atoms with E-state index in [2.05, 4.69) is 15.5 Å². The van der Waals surface area contributed by atoms with Gasteiger partial charge in [0.1, 0.15) is 0 Å². The second kappa shape index (κ2) is 6.05. The van der Waals surface area contributed by atoms with Crippen molar-refractivity contribution in [2.45, 2.75) is 13.0 Å². The number of carboxylic acids is 1. The first-order chi connectivity index (χ1) is 9.20. The molecule has 0 spiro atoms. The Morgan fingerprint density at radius 3 is 3.05 bits per heavy atom. The molecule has 1 N–H and O–H groups in total. The summed E-state index contributed by atoms with van der Waals surface area (Å²) < 4.78 is 6.62. The van der Waals surface area contributed by atoms with Gasteiger partial charge in [0.05, 0.1) is 18.7 Å². The van der Waals surface area contributed by atoms with Gasteiger partial charge in [-0.2, -0.15) is 0 Å². The number of hydrogen-bond donors (Lipinski definition) is 1. The van der Waals surface area contributed by atoms with Crippen molar-refractivity contribution >= 4 is 5.97 Å². The van der Waals surface area contributed by atoms with E-state index in [4.69, 9.17) is 9.84 Å². The highest BCUT2D eigenvalue weighted by Gasteiger charge is 2.08. The fraction of sp³-hybridized carbons (Fsp3) is 0.333. The van der Waals surface area contributed by atoms with Crippen LogP contribution < -0.4 is 0 Å². The Kier molecular flexibility index (Phi) is 4.19. The Labute approximate surface area is 109 Å². The van der Waals surface area contributed by atoms with Gasteiger partial charge in [0.2, 0.25) is 0 Å². The molecular formula is C12H14N4O3. The standard InChI is InChI=1S/C12H14N4O3/c1-19-6-5-11-13-14-15-16(11)8-9-3-2-4-10(7-9)12(17)18/h2-4,7H,5-6,8H2,1H3,(H,17,18). The topological polar surface area (TPSA) is 90.1 Å². The summed E-state index contributed by atoms with van der Waals surface area (Å²) in [4.78, 5) is 10.9. The summed E-state index contributed by atoms with van der Waals surface area (Å²) in [6.45, 7) is 0.975. The molecule has 7 heteroatoms. The van der Waals surface area contributed by atoms with E-state index in [1.165, 1.54) is 0 Å². The molecule has 0 aliphatic rings. The van der Waals surface area contributed by atoms with E-state index >= 15 is 0 Å². The van der Waals surface area contributed by atoms with Gasteiger partial charge in [-0.1, -0.05) is 12.1 Å². The van der Waals surface area contributed by atoms with Crippen LogP contribution in [-0.2, 0) is 17.7 Å². The minimum absolute atomic E-state index is 0.254. The van der Waals surface area contributed by atoms with E-state index < -0.39 is 5.97 Å². The number of tetrazole rings is 1. The molecule has 0 radical (unpaired) electrons. The summed E-state index contributed by atoms with van der Waals surface area (Å²) in [7, 11) is 1.62. The number of aromatic carboxylic acids is 1. The van der Waals surface area contributed by atoms with E-state index in [0.29, 0.717) is 25.4 Å². The van der Waals surface area contributed by atoms with E-state index in [-0.39, 0.29) is 5.56 Å². The third-order valence-corrected chi connectivity index (χ3v) is 2.64. The van der Waals surface area contributed by atoms with Crippen molar-refractivity contribution in [1.82, 2.24) is 20.2 Å². The highest BCUT2D eigenvalue weighted by atomic mass is 16.5. The van der Waals surface area contributed by atoms with Crippen LogP contribution in [0.2, 0.25) is 0 Å². The lowest BCUT2D eigenvalue weighted by atomic mass is 10.1. The number of hydrogen-bond acceptors (Lipinski definition) is 5. The molecule has 2 rings (SSSR count). The molecule has 19 heavy (non-hydrogen) atoms. The van der Waals surface area contributed by atoms with Crippen molar-refractivity contribution in [2.75, 3.05) is 13.7 Å². The van der Waals surface area contributed by atoms with Gasteiger partial charge in [-0.05, 0) is 28.1 Å². The first kappa shape index (κ1) is 13.2. The number of rotatable bonds is 6. The van der Waals surface area contributed by atoms with Gasteiger partial charge in [-0.25, -0.2) is 9.48 Å². The molecule has 0 unspecified atom stereocenters. The lowest BCUT2D eigenvalue weighted by Gasteiger charge is -2.05. The molecule has 0 amide bonds. The average Bonchev–Trinajstić information content (AvgIpc) is 2.84. The number of nitrogens with zero attached hydrogens (tertiary/aromatic N) is 4. The van der Waals surface area contributed by atoms with Crippen molar-refractivity contribution in [1.29, 1.82) is 0 Å². The molecule has 0 fully saturated rings. The van der Waals surface area contributed by atoms with Crippen molar-refractivity contribution in [3.8, 4) is 0 Å². The first-order valence-corrected chi connectivity index (χ1v) is 5.77. The Balaban J connectivity index is 2.14. The highest BCUT2D eigenvalue weighted by Crippen LogP contribution is 2.08. The molecule has 0 atom stereocenters. The molecule has 1 aromatic carbocycles. The first-order valence-electron chi connectivity index (χ1n) is 5.77. The molecule has 0 aliphatic carbocycles. The number of benzene rings is 1. The lowest BCUT2D eigenvalue weighted by Crippen LogP contribution is -2.10. The van der Waals surface area contributed by atoms with Crippen LogP contribution in [0.4, 0.5) is 0 Å². The maximum Gasteiger partial charge on any atom is 0.335 e. The summed E-state index contributed by atoms with van der Waals surface area (Å²) in [5.41, 5.74) is 1.09. The Bertz CT molecular complexity index is 568. The summed E-state index contributed by atoms with van der Waals surface area (Å²) >= 11 is 0. The minimum atomic E-state index is -0.946. The molecular weight excluding hydrogens is 248 g/mol. The van der Waals surface area contributed by atoms with Crippen LogP contribution in [0.25, 0.3) is 0 Å². The Morgan fingerprint density at radius 1 is 1.47 bits per heavy atom. The number of aromatic nitrogens is 4. The monoisotopic (exact) mass is 262 g/mol. The van der Waals surface area contributed by atoms with Crippen molar-refractivity contribution < 1.29 is 14.6 Å². The second-order valence-corrected chi connectivity index (χ2v) is 4.00. The van der Waals surface area contributed by atoms with Crippen LogP contribution in [0.5, 0.6) is 0 Å². The molecule has 1 aromatic heterocycles. The SMILES string of the molecule is COCCc1nnnn1Cc1cccc(C(=O)O)c1. The smallest absolute Gasteiger partial charge is 0.335 e. The quantitative estimate of drug-likeness (QED) is 0.820. The fourth-order valence-electron chi connectivity index (χ4n) is 1.69. The van der Waals surface area contributed by atoms with Gasteiger partial charge in [-0.15, -0.1) is 5.10 Å². The Hall–Kier alpha value is -2.28. The normalized spacial score (nSPS) is 10.6. The van der Waals surface area contributed by atoms with Crippen LogP contribution >= 0.6 is 0 Å². The van der Waals surface area contributed by atoms with Crippen LogP contribution in [0, 0.1) is 0 Å². The lowest BCUT2D eigenvalue weighted by molar-refractivity contribution is 0.0696. The molecule has 7 nitrogen and oxygen atoms in total. The predicted molar refractivity (Wildman–Crippen MR) is 65.9 cm³/mol. The maximum atomic E-state index is 10.9. The van der Waals surface area contributed by atoms with Crippen LogP contribution in [0.1, 0.15) is 21.7 Å². The molecule has 0 bridgehead atoms. The highest BCUT2D eigenvalue weighted by molar-refractivity contribution is 5.87. The second-order valence-electron chi connectivity index (χ2n) is 4.00. The molecule has 1 heterocycles. The van der Waals surface area contributed by atoms with Gasteiger partial charge in [-0.3, -0.25) is 0 Å². The van der Waals surface area contributed by atoms with Crippen LogP contribution in [-0.4, -0.2) is 45.0 Å². The van der Waals surface area contributed by atoms with E-state index in [1.54, 1.807) is 30.0 Å². The largest absolute Gasteiger partial charge is 0.478 e. The van der Waals surface area contributed by atoms with Crippen molar-refractivity contribution in [3.05, 3.63) is 41.2 Å². The zero-order chi connectivity index (χ0) is 13.7.